The standard InChI is InChI=1S/C13H12N6O/c20-13-10(3-2-6-14-13)8-15-11-4-1-5-12(7-11)19-9-16-17-18-19/h1-7,9,15H,8H2,(H,14,20). The fraction of sp³-hybridized carbons (Fsp3) is 0.0769. The molecule has 0 bridgehead atoms. The molecule has 2 N–H and O–H groups in total. The second-order valence-electron chi connectivity index (χ2n) is 4.18. The van der Waals surface area contributed by atoms with Gasteiger partial charge in [-0.3, -0.25) is 4.79 Å². The first-order valence-corrected chi connectivity index (χ1v) is 6.07. The van der Waals surface area contributed by atoms with Gasteiger partial charge in [-0.2, -0.15) is 0 Å². The molecule has 2 heterocycles. The largest absolute Gasteiger partial charge is 0.381 e. The third-order valence-electron chi connectivity index (χ3n) is 2.84. The topological polar surface area (TPSA) is 88.5 Å². The monoisotopic (exact) mass is 268 g/mol. The summed E-state index contributed by atoms with van der Waals surface area (Å²) in [4.78, 5) is 14.2. The van der Waals surface area contributed by atoms with Crippen LogP contribution in [0, 0.1) is 0 Å². The number of anilines is 1. The zero-order chi connectivity index (χ0) is 13.8. The van der Waals surface area contributed by atoms with E-state index in [0.29, 0.717) is 12.1 Å². The first kappa shape index (κ1) is 12.1. The molecule has 0 spiro atoms. The van der Waals surface area contributed by atoms with E-state index in [9.17, 15) is 4.79 Å². The molecule has 0 aliphatic rings. The minimum atomic E-state index is -0.0865. The molecule has 0 unspecified atom stereocenters. The highest BCUT2D eigenvalue weighted by molar-refractivity contribution is 5.50. The van der Waals surface area contributed by atoms with Gasteiger partial charge < -0.3 is 10.3 Å². The van der Waals surface area contributed by atoms with Crippen LogP contribution in [0.1, 0.15) is 5.56 Å². The lowest BCUT2D eigenvalue weighted by molar-refractivity contribution is 0.789. The Labute approximate surface area is 114 Å². The zero-order valence-electron chi connectivity index (χ0n) is 10.5. The van der Waals surface area contributed by atoms with Gasteiger partial charge >= 0.3 is 0 Å². The van der Waals surface area contributed by atoms with E-state index in [1.165, 1.54) is 6.33 Å². The fourth-order valence-corrected chi connectivity index (χ4v) is 1.83. The Kier molecular flexibility index (Phi) is 3.24. The van der Waals surface area contributed by atoms with Gasteiger partial charge in [0.1, 0.15) is 6.33 Å². The molecule has 0 fully saturated rings. The summed E-state index contributed by atoms with van der Waals surface area (Å²) in [5.74, 6) is 0. The summed E-state index contributed by atoms with van der Waals surface area (Å²) in [6.07, 6.45) is 3.14. The highest BCUT2D eigenvalue weighted by atomic mass is 16.1. The molecular formula is C13H12N6O. The maximum absolute atomic E-state index is 11.6. The van der Waals surface area contributed by atoms with Gasteiger partial charge in [-0.1, -0.05) is 12.1 Å². The van der Waals surface area contributed by atoms with E-state index in [2.05, 4.69) is 25.8 Å². The van der Waals surface area contributed by atoms with Gasteiger partial charge in [0.25, 0.3) is 5.56 Å². The number of nitrogens with one attached hydrogen (secondary N) is 2. The molecular weight excluding hydrogens is 256 g/mol. The Hall–Kier alpha value is -2.96. The van der Waals surface area contributed by atoms with Gasteiger partial charge in [-0.25, -0.2) is 4.68 Å². The van der Waals surface area contributed by atoms with Crippen LogP contribution in [-0.2, 0) is 6.54 Å². The van der Waals surface area contributed by atoms with Crippen molar-refractivity contribution in [3.8, 4) is 5.69 Å². The van der Waals surface area contributed by atoms with Crippen molar-refractivity contribution in [2.45, 2.75) is 6.54 Å². The number of aromatic nitrogens is 5. The van der Waals surface area contributed by atoms with Crippen LogP contribution in [-0.4, -0.2) is 25.2 Å². The van der Waals surface area contributed by atoms with E-state index in [-0.39, 0.29) is 5.56 Å². The molecule has 20 heavy (non-hydrogen) atoms. The van der Waals surface area contributed by atoms with Gasteiger partial charge in [-0.15, -0.1) is 5.10 Å². The molecule has 100 valence electrons. The van der Waals surface area contributed by atoms with Crippen LogP contribution in [0.15, 0.2) is 53.7 Å². The van der Waals surface area contributed by atoms with Gasteiger partial charge in [0.2, 0.25) is 0 Å². The first-order valence-electron chi connectivity index (χ1n) is 6.07. The summed E-state index contributed by atoms with van der Waals surface area (Å²) in [6.45, 7) is 0.454. The third-order valence-corrected chi connectivity index (χ3v) is 2.84. The second-order valence-corrected chi connectivity index (χ2v) is 4.18. The van der Waals surface area contributed by atoms with Crippen molar-refractivity contribution in [2.75, 3.05) is 5.32 Å². The number of aromatic amines is 1. The van der Waals surface area contributed by atoms with Crippen molar-refractivity contribution in [1.29, 1.82) is 0 Å². The normalized spacial score (nSPS) is 10.4. The lowest BCUT2D eigenvalue weighted by Gasteiger charge is -2.07. The molecule has 0 saturated heterocycles. The minimum Gasteiger partial charge on any atom is -0.381 e. The maximum Gasteiger partial charge on any atom is 0.252 e. The summed E-state index contributed by atoms with van der Waals surface area (Å²) < 4.78 is 1.57. The van der Waals surface area contributed by atoms with E-state index in [1.54, 1.807) is 23.0 Å². The molecule has 0 radical (unpaired) electrons. The SMILES string of the molecule is O=c1[nH]cccc1CNc1cccc(-n2cnnn2)c1. The van der Waals surface area contributed by atoms with Gasteiger partial charge in [-0.05, 0) is 34.7 Å². The van der Waals surface area contributed by atoms with Gasteiger partial charge in [0, 0.05) is 24.0 Å². The minimum absolute atomic E-state index is 0.0865. The van der Waals surface area contributed by atoms with Crippen molar-refractivity contribution in [2.24, 2.45) is 0 Å². The highest BCUT2D eigenvalue weighted by Gasteiger charge is 2.01. The molecule has 0 saturated carbocycles. The Bertz CT molecular complexity index is 749. The Morgan fingerprint density at radius 3 is 3.00 bits per heavy atom. The summed E-state index contributed by atoms with van der Waals surface area (Å²) in [5.41, 5.74) is 2.33. The van der Waals surface area contributed by atoms with Gasteiger partial charge in [0.15, 0.2) is 0 Å². The molecule has 3 rings (SSSR count). The summed E-state index contributed by atoms with van der Waals surface area (Å²) >= 11 is 0. The van der Waals surface area contributed by atoms with E-state index in [4.69, 9.17) is 0 Å². The molecule has 7 nitrogen and oxygen atoms in total. The van der Waals surface area contributed by atoms with Crippen LogP contribution in [0.4, 0.5) is 5.69 Å². The van der Waals surface area contributed by atoms with Crippen molar-refractivity contribution in [1.82, 2.24) is 25.2 Å². The van der Waals surface area contributed by atoms with E-state index >= 15 is 0 Å². The maximum atomic E-state index is 11.6. The second kappa shape index (κ2) is 5.35. The molecule has 0 atom stereocenters. The number of nitrogens with zero attached hydrogens (tertiary/aromatic N) is 4. The van der Waals surface area contributed by atoms with Gasteiger partial charge in [0.05, 0.1) is 5.69 Å². The number of hydrogen-bond donors (Lipinski definition) is 2. The van der Waals surface area contributed by atoms with Crippen molar-refractivity contribution >= 4 is 5.69 Å². The molecule has 2 aromatic heterocycles. The lowest BCUT2D eigenvalue weighted by atomic mass is 10.2. The number of hydrogen-bond acceptors (Lipinski definition) is 5. The smallest absolute Gasteiger partial charge is 0.252 e. The Morgan fingerprint density at radius 2 is 2.20 bits per heavy atom. The number of tetrazole rings is 1. The molecule has 3 aromatic rings. The van der Waals surface area contributed by atoms with Crippen molar-refractivity contribution in [3.05, 3.63) is 64.8 Å². The van der Waals surface area contributed by atoms with Crippen LogP contribution in [0.5, 0.6) is 0 Å². The molecule has 0 aliphatic heterocycles. The van der Waals surface area contributed by atoms with Crippen molar-refractivity contribution in [3.63, 3.8) is 0 Å². The predicted octanol–water partition coefficient (Wildman–Crippen LogP) is 0.963. The fourth-order valence-electron chi connectivity index (χ4n) is 1.83. The van der Waals surface area contributed by atoms with Crippen LogP contribution in [0.3, 0.4) is 0 Å². The Balaban J connectivity index is 1.77. The molecule has 1 aromatic carbocycles. The average Bonchev–Trinajstić information content (AvgIpc) is 3.01. The number of pyridine rings is 1. The van der Waals surface area contributed by atoms with Crippen LogP contribution in [0.2, 0.25) is 0 Å². The summed E-state index contributed by atoms with van der Waals surface area (Å²) in [7, 11) is 0. The van der Waals surface area contributed by atoms with Crippen LogP contribution < -0.4 is 10.9 Å². The number of benzene rings is 1. The zero-order valence-corrected chi connectivity index (χ0v) is 10.5. The average molecular weight is 268 g/mol. The van der Waals surface area contributed by atoms with E-state index < -0.39 is 0 Å². The molecule has 0 amide bonds. The number of H-pyrrole nitrogens is 1. The third kappa shape index (κ3) is 2.56. The summed E-state index contributed by atoms with van der Waals surface area (Å²) in [6, 6.07) is 11.2. The summed E-state index contributed by atoms with van der Waals surface area (Å²) in [5, 5.41) is 14.2. The van der Waals surface area contributed by atoms with Crippen molar-refractivity contribution < 1.29 is 0 Å². The quantitative estimate of drug-likeness (QED) is 0.735. The molecule has 7 heteroatoms. The number of rotatable bonds is 4. The van der Waals surface area contributed by atoms with Crippen LogP contribution in [0.25, 0.3) is 5.69 Å². The lowest BCUT2D eigenvalue weighted by Crippen LogP contribution is -2.14. The predicted molar refractivity (Wildman–Crippen MR) is 73.5 cm³/mol. The van der Waals surface area contributed by atoms with Crippen LogP contribution >= 0.6 is 0 Å². The first-order chi connectivity index (χ1) is 9.83. The Morgan fingerprint density at radius 1 is 1.25 bits per heavy atom. The van der Waals surface area contributed by atoms with E-state index in [0.717, 1.165) is 11.4 Å². The highest BCUT2D eigenvalue weighted by Crippen LogP contribution is 2.13. The molecule has 0 aliphatic carbocycles. The van der Waals surface area contributed by atoms with E-state index in [1.807, 2.05) is 24.3 Å².